The van der Waals surface area contributed by atoms with E-state index in [2.05, 4.69) is 26.6 Å². The van der Waals surface area contributed by atoms with E-state index in [1.54, 1.807) is 24.3 Å². The zero-order valence-electron chi connectivity index (χ0n) is 11.8. The van der Waals surface area contributed by atoms with Gasteiger partial charge in [0.2, 0.25) is 11.8 Å². The van der Waals surface area contributed by atoms with E-state index in [1.807, 2.05) is 13.8 Å². The van der Waals surface area contributed by atoms with E-state index in [4.69, 9.17) is 4.74 Å². The Balaban J connectivity index is 2.58. The van der Waals surface area contributed by atoms with Gasteiger partial charge in [-0.3, -0.25) is 9.59 Å². The van der Waals surface area contributed by atoms with Crippen molar-refractivity contribution in [2.24, 2.45) is 5.92 Å². The maximum atomic E-state index is 11.9. The first kappa shape index (κ1) is 16.7. The molecule has 0 aliphatic rings. The summed E-state index contributed by atoms with van der Waals surface area (Å²) in [5.41, 5.74) is 1.34. The van der Waals surface area contributed by atoms with Gasteiger partial charge < -0.3 is 15.4 Å². The fourth-order valence-electron chi connectivity index (χ4n) is 1.48. The number of carbonyl (C=O) groups excluding carboxylic acids is 2. The van der Waals surface area contributed by atoms with Crippen LogP contribution in [-0.2, 0) is 14.3 Å². The molecule has 0 bridgehead atoms. The molecule has 0 aromatic heterocycles. The third-order valence-corrected chi connectivity index (χ3v) is 4.02. The average molecular weight is 343 g/mol. The summed E-state index contributed by atoms with van der Waals surface area (Å²) in [4.78, 5) is 23.0. The summed E-state index contributed by atoms with van der Waals surface area (Å²) in [5, 5.41) is 5.48. The number of amides is 2. The number of carbonyl (C=O) groups is 2. The normalized spacial score (nSPS) is 12.1. The first-order valence-electron chi connectivity index (χ1n) is 6.28. The van der Waals surface area contributed by atoms with Crippen LogP contribution < -0.4 is 10.6 Å². The van der Waals surface area contributed by atoms with Crippen molar-refractivity contribution in [2.75, 3.05) is 24.4 Å². The number of hydrogen-bond donors (Lipinski definition) is 2. The molecular weight excluding hydrogens is 324 g/mol. The fourth-order valence-corrected chi connectivity index (χ4v) is 1.59. The predicted octanol–water partition coefficient (Wildman–Crippen LogP) is 2.63. The van der Waals surface area contributed by atoms with Gasteiger partial charge in [0.25, 0.3) is 0 Å². The number of halogens is 1. The Morgan fingerprint density at radius 3 is 2.10 bits per heavy atom. The smallest absolute Gasteiger partial charge is 0.250 e. The van der Waals surface area contributed by atoms with Gasteiger partial charge >= 0.3 is 0 Å². The highest BCUT2D eigenvalue weighted by Gasteiger charge is 2.18. The number of benzene rings is 1. The molecular formula is C14H19BrN2O3. The van der Waals surface area contributed by atoms with Crippen LogP contribution in [0.25, 0.3) is 0 Å². The number of rotatable bonds is 6. The second-order valence-electron chi connectivity index (χ2n) is 4.69. The Kier molecular flexibility index (Phi) is 6.67. The van der Waals surface area contributed by atoms with Gasteiger partial charge in [-0.2, -0.15) is 0 Å². The van der Waals surface area contributed by atoms with Crippen LogP contribution in [-0.4, -0.2) is 30.4 Å². The molecule has 20 heavy (non-hydrogen) atoms. The lowest BCUT2D eigenvalue weighted by Gasteiger charge is -2.14. The molecule has 5 nitrogen and oxygen atoms in total. The van der Waals surface area contributed by atoms with Crippen molar-refractivity contribution < 1.29 is 14.3 Å². The lowest BCUT2D eigenvalue weighted by molar-refractivity contribution is -0.119. The minimum atomic E-state index is -0.233. The molecule has 1 rings (SSSR count). The summed E-state index contributed by atoms with van der Waals surface area (Å²) in [7, 11) is 1.46. The molecule has 0 heterocycles. The summed E-state index contributed by atoms with van der Waals surface area (Å²) in [6, 6.07) is 6.92. The molecule has 1 aromatic carbocycles. The summed E-state index contributed by atoms with van der Waals surface area (Å²) in [5.74, 6) is -0.0941. The Labute approximate surface area is 127 Å². The maximum Gasteiger partial charge on any atom is 0.250 e. The lowest BCUT2D eigenvalue weighted by Crippen LogP contribution is -2.26. The topological polar surface area (TPSA) is 67.4 Å². The van der Waals surface area contributed by atoms with Crippen LogP contribution in [0.2, 0.25) is 0 Å². The van der Waals surface area contributed by atoms with Crippen LogP contribution in [0, 0.1) is 5.92 Å². The number of ether oxygens (including phenoxy) is 1. The van der Waals surface area contributed by atoms with Gasteiger partial charge in [-0.25, -0.2) is 0 Å². The van der Waals surface area contributed by atoms with E-state index < -0.39 is 0 Å². The van der Waals surface area contributed by atoms with Crippen LogP contribution in [0.15, 0.2) is 24.3 Å². The van der Waals surface area contributed by atoms with Crippen molar-refractivity contribution in [1.29, 1.82) is 0 Å². The highest BCUT2D eigenvalue weighted by molar-refractivity contribution is 9.10. The van der Waals surface area contributed by atoms with Crippen molar-refractivity contribution in [3.8, 4) is 0 Å². The Morgan fingerprint density at radius 1 is 1.15 bits per heavy atom. The van der Waals surface area contributed by atoms with Crippen molar-refractivity contribution >= 4 is 39.1 Å². The summed E-state index contributed by atoms with van der Waals surface area (Å²) in [6.45, 7) is 3.94. The average Bonchev–Trinajstić information content (AvgIpc) is 2.40. The van der Waals surface area contributed by atoms with Crippen molar-refractivity contribution in [3.05, 3.63) is 24.3 Å². The van der Waals surface area contributed by atoms with Crippen LogP contribution in [0.3, 0.4) is 0 Å². The highest BCUT2D eigenvalue weighted by atomic mass is 79.9. The van der Waals surface area contributed by atoms with Gasteiger partial charge in [-0.05, 0) is 30.2 Å². The first-order valence-corrected chi connectivity index (χ1v) is 7.19. The Hall–Kier alpha value is -1.40. The standard InChI is InChI=1S/C14H19BrN2O3/c1-9(2)13(15)14(19)17-11-6-4-10(5-7-11)16-12(18)8-20-3/h4-7,9,13H,8H2,1-3H3,(H,16,18)(H,17,19). The second-order valence-corrected chi connectivity index (χ2v) is 5.68. The number of anilines is 2. The molecule has 1 unspecified atom stereocenters. The van der Waals surface area contributed by atoms with E-state index in [0.29, 0.717) is 11.4 Å². The number of alkyl halides is 1. The van der Waals surface area contributed by atoms with Crippen molar-refractivity contribution in [3.63, 3.8) is 0 Å². The van der Waals surface area contributed by atoms with Crippen LogP contribution in [0.5, 0.6) is 0 Å². The number of hydrogen-bond acceptors (Lipinski definition) is 3. The molecule has 2 amide bonds. The summed E-state index contributed by atoms with van der Waals surface area (Å²) >= 11 is 3.35. The monoisotopic (exact) mass is 342 g/mol. The zero-order valence-corrected chi connectivity index (χ0v) is 13.4. The molecule has 2 N–H and O–H groups in total. The maximum absolute atomic E-state index is 11.9. The molecule has 110 valence electrons. The quantitative estimate of drug-likeness (QED) is 0.781. The van der Waals surface area contributed by atoms with E-state index in [1.165, 1.54) is 7.11 Å². The highest BCUT2D eigenvalue weighted by Crippen LogP contribution is 2.17. The van der Waals surface area contributed by atoms with E-state index >= 15 is 0 Å². The van der Waals surface area contributed by atoms with Crippen LogP contribution in [0.1, 0.15) is 13.8 Å². The van der Waals surface area contributed by atoms with Gasteiger partial charge in [0.1, 0.15) is 6.61 Å². The first-order chi connectivity index (χ1) is 9.43. The lowest BCUT2D eigenvalue weighted by atomic mass is 10.1. The largest absolute Gasteiger partial charge is 0.375 e. The SMILES string of the molecule is COCC(=O)Nc1ccc(NC(=O)C(Br)C(C)C)cc1. The third-order valence-electron chi connectivity index (χ3n) is 2.55. The fraction of sp³-hybridized carbons (Fsp3) is 0.429. The van der Waals surface area contributed by atoms with E-state index in [0.717, 1.165) is 0 Å². The Bertz CT molecular complexity index is 460. The number of methoxy groups -OCH3 is 1. The molecule has 1 atom stereocenters. The van der Waals surface area contributed by atoms with Crippen LogP contribution in [0.4, 0.5) is 11.4 Å². The molecule has 1 aromatic rings. The molecule has 0 aliphatic heterocycles. The minimum absolute atomic E-state index is 0.0120. The minimum Gasteiger partial charge on any atom is -0.375 e. The van der Waals surface area contributed by atoms with Gasteiger partial charge in [-0.15, -0.1) is 0 Å². The van der Waals surface area contributed by atoms with Gasteiger partial charge in [-0.1, -0.05) is 29.8 Å². The van der Waals surface area contributed by atoms with Gasteiger partial charge in [0, 0.05) is 18.5 Å². The van der Waals surface area contributed by atoms with Crippen molar-refractivity contribution in [1.82, 2.24) is 0 Å². The molecule has 0 radical (unpaired) electrons. The van der Waals surface area contributed by atoms with Gasteiger partial charge in [0.05, 0.1) is 4.83 Å². The molecule has 0 spiro atoms. The van der Waals surface area contributed by atoms with E-state index in [-0.39, 0.29) is 29.2 Å². The van der Waals surface area contributed by atoms with Crippen molar-refractivity contribution in [2.45, 2.75) is 18.7 Å². The number of nitrogens with one attached hydrogen (secondary N) is 2. The molecule has 6 heteroatoms. The summed E-state index contributed by atoms with van der Waals surface area (Å²) < 4.78 is 4.73. The zero-order chi connectivity index (χ0) is 15.1. The molecule has 0 fully saturated rings. The van der Waals surface area contributed by atoms with Crippen LogP contribution >= 0.6 is 15.9 Å². The molecule has 0 saturated carbocycles. The summed E-state index contributed by atoms with van der Waals surface area (Å²) in [6.07, 6.45) is 0. The predicted molar refractivity (Wildman–Crippen MR) is 83.1 cm³/mol. The molecule has 0 aliphatic carbocycles. The molecule has 0 saturated heterocycles. The van der Waals surface area contributed by atoms with E-state index in [9.17, 15) is 9.59 Å². The second kappa shape index (κ2) is 8.01. The Morgan fingerprint density at radius 2 is 1.65 bits per heavy atom. The van der Waals surface area contributed by atoms with Gasteiger partial charge in [0.15, 0.2) is 0 Å². The third kappa shape index (κ3) is 5.30.